The molecule has 138 valence electrons. The van der Waals surface area contributed by atoms with Gasteiger partial charge in [-0.3, -0.25) is 14.7 Å². The summed E-state index contributed by atoms with van der Waals surface area (Å²) in [7, 11) is 0. The quantitative estimate of drug-likeness (QED) is 0.605. The molecule has 4 aliphatic heterocycles. The Balaban J connectivity index is 1.53. The van der Waals surface area contributed by atoms with E-state index in [0.717, 1.165) is 56.5 Å². The molecule has 0 saturated carbocycles. The summed E-state index contributed by atoms with van der Waals surface area (Å²) < 4.78 is 0. The van der Waals surface area contributed by atoms with Crippen molar-refractivity contribution in [3.05, 3.63) is 70.7 Å². The molecule has 0 aliphatic carbocycles. The van der Waals surface area contributed by atoms with Crippen LogP contribution in [0.5, 0.6) is 0 Å². The van der Waals surface area contributed by atoms with Crippen LogP contribution in [0.3, 0.4) is 0 Å². The molecule has 6 rings (SSSR count). The lowest BCUT2D eigenvalue weighted by molar-refractivity contribution is -0.149. The van der Waals surface area contributed by atoms with Gasteiger partial charge in [-0.1, -0.05) is 60.1 Å². The summed E-state index contributed by atoms with van der Waals surface area (Å²) >= 11 is 6.25. The Morgan fingerprint density at radius 2 is 1.44 bits per heavy atom. The van der Waals surface area contributed by atoms with E-state index >= 15 is 0 Å². The third kappa shape index (κ3) is 3.21. The first-order chi connectivity index (χ1) is 13.2. The average Bonchev–Trinajstić information content (AvgIpc) is 2.66. The van der Waals surface area contributed by atoms with Crippen LogP contribution in [0.1, 0.15) is 11.1 Å². The van der Waals surface area contributed by atoms with Gasteiger partial charge in [-0.05, 0) is 11.6 Å². The second-order valence-electron chi connectivity index (χ2n) is 7.77. The lowest BCUT2D eigenvalue weighted by Gasteiger charge is -2.60. The van der Waals surface area contributed by atoms with E-state index in [-0.39, 0.29) is 5.41 Å². The number of halogens is 1. The normalized spacial score (nSPS) is 32.3. The number of nitrogens with zero attached hydrogens (tertiary/aromatic N) is 5. The highest BCUT2D eigenvalue weighted by Crippen LogP contribution is 2.38. The Morgan fingerprint density at radius 1 is 0.852 bits per heavy atom. The van der Waals surface area contributed by atoms with E-state index in [4.69, 9.17) is 16.7 Å². The summed E-state index contributed by atoms with van der Waals surface area (Å²) in [4.78, 5) is 7.52. The molecule has 2 aromatic carbocycles. The molecule has 0 aromatic heterocycles. The first-order valence-corrected chi connectivity index (χ1v) is 9.68. The largest absolute Gasteiger partial charge is 0.276 e. The van der Waals surface area contributed by atoms with Crippen LogP contribution in [-0.2, 0) is 0 Å². The maximum atomic E-state index is 6.25. The van der Waals surface area contributed by atoms with Crippen molar-refractivity contribution in [2.24, 2.45) is 15.6 Å². The van der Waals surface area contributed by atoms with E-state index in [0.29, 0.717) is 5.02 Å². The third-order valence-electron chi connectivity index (χ3n) is 5.59. The standard InChI is InChI=1S/C21H22ClN5/c22-19-9-5-4-8-18(19)10-23-24-20(17-6-2-1-3-7-17)21-11-25-14-26(12-21)16-27(13-21)15-25/h1-10H,11-16H2/b23-10+,24-20-. The molecular formula is C21H22ClN5. The van der Waals surface area contributed by atoms with Crippen LogP contribution in [0.15, 0.2) is 64.8 Å². The highest BCUT2D eigenvalue weighted by atomic mass is 35.5. The van der Waals surface area contributed by atoms with E-state index < -0.39 is 0 Å². The first-order valence-electron chi connectivity index (χ1n) is 9.30. The van der Waals surface area contributed by atoms with E-state index in [1.54, 1.807) is 6.21 Å². The third-order valence-corrected chi connectivity index (χ3v) is 5.93. The zero-order chi connectivity index (χ0) is 18.3. The molecular weight excluding hydrogens is 358 g/mol. The highest BCUT2D eigenvalue weighted by molar-refractivity contribution is 6.33. The molecule has 4 saturated heterocycles. The van der Waals surface area contributed by atoms with Gasteiger partial charge < -0.3 is 0 Å². The van der Waals surface area contributed by atoms with Crippen molar-refractivity contribution in [1.29, 1.82) is 0 Å². The Hall–Kier alpha value is -2.05. The molecule has 4 aliphatic rings. The predicted molar refractivity (Wildman–Crippen MR) is 109 cm³/mol. The number of benzene rings is 2. The fourth-order valence-corrected chi connectivity index (χ4v) is 4.92. The monoisotopic (exact) mass is 379 g/mol. The van der Waals surface area contributed by atoms with E-state index in [1.165, 1.54) is 0 Å². The van der Waals surface area contributed by atoms with Crippen molar-refractivity contribution in [3.63, 3.8) is 0 Å². The van der Waals surface area contributed by atoms with Gasteiger partial charge in [0.1, 0.15) is 0 Å². The average molecular weight is 380 g/mol. The SMILES string of the molecule is Clc1ccccc1/C=N/N=C(/c1ccccc1)C12CN3CN(CN(C3)C1)C2. The molecule has 4 bridgehead atoms. The van der Waals surface area contributed by atoms with Crippen molar-refractivity contribution in [3.8, 4) is 0 Å². The van der Waals surface area contributed by atoms with Gasteiger partial charge in [0, 0.05) is 30.2 Å². The van der Waals surface area contributed by atoms with Crippen LogP contribution < -0.4 is 0 Å². The molecule has 2 aromatic rings. The van der Waals surface area contributed by atoms with E-state index in [9.17, 15) is 0 Å². The van der Waals surface area contributed by atoms with Crippen molar-refractivity contribution in [1.82, 2.24) is 14.7 Å². The molecule has 0 atom stereocenters. The van der Waals surface area contributed by atoms with Gasteiger partial charge in [0.2, 0.25) is 0 Å². The molecule has 0 N–H and O–H groups in total. The Bertz CT molecular complexity index is 857. The minimum Gasteiger partial charge on any atom is -0.276 e. The summed E-state index contributed by atoms with van der Waals surface area (Å²) in [5, 5.41) is 9.92. The molecule has 5 nitrogen and oxygen atoms in total. The van der Waals surface area contributed by atoms with Crippen molar-refractivity contribution in [2.45, 2.75) is 0 Å². The first kappa shape index (κ1) is 17.1. The fourth-order valence-electron chi connectivity index (χ4n) is 4.74. The van der Waals surface area contributed by atoms with Crippen LogP contribution in [0.4, 0.5) is 0 Å². The van der Waals surface area contributed by atoms with Crippen LogP contribution in [0.2, 0.25) is 5.02 Å². The van der Waals surface area contributed by atoms with Crippen LogP contribution in [-0.4, -0.2) is 66.3 Å². The summed E-state index contributed by atoms with van der Waals surface area (Å²) in [6, 6.07) is 18.2. The van der Waals surface area contributed by atoms with Crippen molar-refractivity contribution >= 4 is 23.5 Å². The smallest absolute Gasteiger partial charge is 0.0802 e. The summed E-state index contributed by atoms with van der Waals surface area (Å²) in [5.41, 5.74) is 3.11. The van der Waals surface area contributed by atoms with Gasteiger partial charge in [0.25, 0.3) is 0 Å². The maximum absolute atomic E-state index is 6.25. The molecule has 0 unspecified atom stereocenters. The van der Waals surface area contributed by atoms with Gasteiger partial charge in [-0.25, -0.2) is 0 Å². The van der Waals surface area contributed by atoms with Crippen molar-refractivity contribution < 1.29 is 0 Å². The topological polar surface area (TPSA) is 34.4 Å². The minimum atomic E-state index is -0.00603. The zero-order valence-corrected chi connectivity index (χ0v) is 15.9. The molecule has 0 amide bonds. The van der Waals surface area contributed by atoms with Crippen LogP contribution in [0, 0.1) is 5.41 Å². The molecule has 6 heteroatoms. The lowest BCUT2D eigenvalue weighted by Crippen LogP contribution is -2.74. The number of hydrogen-bond acceptors (Lipinski definition) is 5. The summed E-state index contributed by atoms with van der Waals surface area (Å²) in [6.07, 6.45) is 1.76. The second kappa shape index (κ2) is 6.84. The van der Waals surface area contributed by atoms with Crippen molar-refractivity contribution in [2.75, 3.05) is 39.6 Å². The van der Waals surface area contributed by atoms with E-state index in [1.807, 2.05) is 30.3 Å². The minimum absolute atomic E-state index is 0.00603. The highest BCUT2D eigenvalue weighted by Gasteiger charge is 2.51. The van der Waals surface area contributed by atoms with Gasteiger partial charge >= 0.3 is 0 Å². The van der Waals surface area contributed by atoms with Gasteiger partial charge in [0.15, 0.2) is 0 Å². The Morgan fingerprint density at radius 3 is 2.07 bits per heavy atom. The second-order valence-corrected chi connectivity index (χ2v) is 8.18. The van der Waals surface area contributed by atoms with Crippen LogP contribution in [0.25, 0.3) is 0 Å². The number of rotatable bonds is 4. The molecule has 0 spiro atoms. The number of hydrogen-bond donors (Lipinski definition) is 0. The summed E-state index contributed by atoms with van der Waals surface area (Å²) in [5.74, 6) is 0. The zero-order valence-electron chi connectivity index (χ0n) is 15.1. The van der Waals surface area contributed by atoms with Gasteiger partial charge in [-0.2, -0.15) is 10.2 Å². The maximum Gasteiger partial charge on any atom is 0.0802 e. The lowest BCUT2D eigenvalue weighted by atomic mass is 9.74. The molecule has 27 heavy (non-hydrogen) atoms. The summed E-state index contributed by atoms with van der Waals surface area (Å²) in [6.45, 7) is 6.29. The fraction of sp³-hybridized carbons (Fsp3) is 0.333. The Labute approximate surface area is 164 Å². The van der Waals surface area contributed by atoms with Crippen LogP contribution >= 0.6 is 11.6 Å². The van der Waals surface area contributed by atoms with E-state index in [2.05, 4.69) is 44.1 Å². The van der Waals surface area contributed by atoms with Gasteiger partial charge in [-0.15, -0.1) is 0 Å². The van der Waals surface area contributed by atoms with Gasteiger partial charge in [0.05, 0.1) is 37.3 Å². The molecule has 4 fully saturated rings. The Kier molecular flexibility index (Phi) is 4.32. The molecule has 0 radical (unpaired) electrons. The molecule has 4 heterocycles. The predicted octanol–water partition coefficient (Wildman–Crippen LogP) is 2.97.